The Balaban J connectivity index is 5.65. The SMILES string of the molecule is CC(=O)O[C@H]([C@@H](CO)OC(C)=O)[C@@H](OC(C)=O)C(=O)C(C)=O. The topological polar surface area (TPSA) is 133 Å². The Morgan fingerprint density at radius 1 is 0.818 bits per heavy atom. The van der Waals surface area contributed by atoms with Crippen molar-refractivity contribution in [2.24, 2.45) is 0 Å². The first-order valence-electron chi connectivity index (χ1n) is 6.27. The van der Waals surface area contributed by atoms with Crippen LogP contribution in [0.15, 0.2) is 0 Å². The van der Waals surface area contributed by atoms with E-state index in [1.807, 2.05) is 0 Å². The van der Waals surface area contributed by atoms with Crippen molar-refractivity contribution in [3.63, 3.8) is 0 Å². The highest BCUT2D eigenvalue weighted by Gasteiger charge is 2.42. The van der Waals surface area contributed by atoms with Gasteiger partial charge >= 0.3 is 17.9 Å². The van der Waals surface area contributed by atoms with Gasteiger partial charge < -0.3 is 19.3 Å². The second-order valence-corrected chi connectivity index (χ2v) is 4.35. The lowest BCUT2D eigenvalue weighted by atomic mass is 10.0. The summed E-state index contributed by atoms with van der Waals surface area (Å²) in [6, 6.07) is 0. The highest BCUT2D eigenvalue weighted by molar-refractivity contribution is 6.38. The van der Waals surface area contributed by atoms with Crippen molar-refractivity contribution in [3.05, 3.63) is 0 Å². The molecule has 0 rings (SSSR count). The molecule has 0 saturated carbocycles. The zero-order chi connectivity index (χ0) is 17.4. The van der Waals surface area contributed by atoms with E-state index >= 15 is 0 Å². The van der Waals surface area contributed by atoms with Gasteiger partial charge in [0.25, 0.3) is 0 Å². The Labute approximate surface area is 126 Å². The molecule has 0 aliphatic rings. The largest absolute Gasteiger partial charge is 0.456 e. The van der Waals surface area contributed by atoms with E-state index in [0.717, 1.165) is 27.7 Å². The molecule has 0 amide bonds. The third-order valence-corrected chi connectivity index (χ3v) is 2.36. The van der Waals surface area contributed by atoms with Gasteiger partial charge in [0.05, 0.1) is 6.61 Å². The van der Waals surface area contributed by atoms with E-state index in [0.29, 0.717) is 0 Å². The average Bonchev–Trinajstić information content (AvgIpc) is 2.38. The van der Waals surface area contributed by atoms with E-state index in [4.69, 9.17) is 14.2 Å². The van der Waals surface area contributed by atoms with E-state index in [1.54, 1.807) is 0 Å². The molecule has 0 radical (unpaired) electrons. The highest BCUT2D eigenvalue weighted by Crippen LogP contribution is 2.15. The number of hydrogen-bond acceptors (Lipinski definition) is 9. The lowest BCUT2D eigenvalue weighted by Crippen LogP contribution is -2.51. The van der Waals surface area contributed by atoms with E-state index in [-0.39, 0.29) is 0 Å². The molecular formula is C13H18O9. The normalized spacial score (nSPS) is 14.2. The van der Waals surface area contributed by atoms with E-state index in [9.17, 15) is 29.1 Å². The Morgan fingerprint density at radius 2 is 1.27 bits per heavy atom. The standard InChI is InChI=1S/C13H18O9/c1-6(15)11(19)13(22-9(4)18)12(21-8(3)17)10(5-14)20-7(2)16/h10,12-14H,5H2,1-4H3/t10-,12-,13+/m1/s1. The van der Waals surface area contributed by atoms with Crippen molar-refractivity contribution in [2.45, 2.75) is 46.0 Å². The molecular weight excluding hydrogens is 300 g/mol. The van der Waals surface area contributed by atoms with Crippen LogP contribution in [0.25, 0.3) is 0 Å². The third-order valence-electron chi connectivity index (χ3n) is 2.36. The van der Waals surface area contributed by atoms with E-state index < -0.39 is 54.4 Å². The Bertz CT molecular complexity index is 468. The zero-order valence-electron chi connectivity index (χ0n) is 12.7. The number of ketones is 2. The number of Topliss-reactive ketones (excluding diaryl/α,β-unsaturated/α-hetero) is 2. The molecule has 0 aliphatic carbocycles. The van der Waals surface area contributed by atoms with Crippen LogP contribution in [0.3, 0.4) is 0 Å². The first kappa shape index (κ1) is 19.7. The number of aliphatic hydroxyl groups excluding tert-OH is 1. The van der Waals surface area contributed by atoms with Gasteiger partial charge in [-0.15, -0.1) is 0 Å². The number of aliphatic hydroxyl groups is 1. The van der Waals surface area contributed by atoms with Gasteiger partial charge in [-0.2, -0.15) is 0 Å². The maximum atomic E-state index is 11.9. The van der Waals surface area contributed by atoms with Crippen LogP contribution in [0, 0.1) is 0 Å². The van der Waals surface area contributed by atoms with Crippen LogP contribution in [0.1, 0.15) is 27.7 Å². The fourth-order valence-corrected chi connectivity index (χ4v) is 1.59. The van der Waals surface area contributed by atoms with Gasteiger partial charge in [0, 0.05) is 27.7 Å². The van der Waals surface area contributed by atoms with Crippen molar-refractivity contribution in [2.75, 3.05) is 6.61 Å². The molecule has 0 bridgehead atoms. The summed E-state index contributed by atoms with van der Waals surface area (Å²) < 4.78 is 14.3. The minimum atomic E-state index is -1.82. The second-order valence-electron chi connectivity index (χ2n) is 4.35. The third kappa shape index (κ3) is 6.44. The van der Waals surface area contributed by atoms with Gasteiger partial charge in [-0.1, -0.05) is 0 Å². The van der Waals surface area contributed by atoms with Gasteiger partial charge in [-0.05, 0) is 0 Å². The molecule has 0 heterocycles. The average molecular weight is 318 g/mol. The molecule has 0 aliphatic heterocycles. The van der Waals surface area contributed by atoms with Gasteiger partial charge in [0.1, 0.15) is 0 Å². The minimum Gasteiger partial charge on any atom is -0.456 e. The summed E-state index contributed by atoms with van der Waals surface area (Å²) in [6.07, 6.45) is -4.95. The smallest absolute Gasteiger partial charge is 0.303 e. The van der Waals surface area contributed by atoms with Gasteiger partial charge in [-0.25, -0.2) is 0 Å². The van der Waals surface area contributed by atoms with Crippen LogP contribution in [0.4, 0.5) is 0 Å². The van der Waals surface area contributed by atoms with Crippen molar-refractivity contribution >= 4 is 29.5 Å². The molecule has 0 aromatic rings. The molecule has 124 valence electrons. The Morgan fingerprint density at radius 3 is 1.59 bits per heavy atom. The van der Waals surface area contributed by atoms with Crippen molar-refractivity contribution in [1.29, 1.82) is 0 Å². The molecule has 0 saturated heterocycles. The predicted octanol–water partition coefficient (Wildman–Crippen LogP) is -1.07. The maximum Gasteiger partial charge on any atom is 0.303 e. The minimum absolute atomic E-state index is 0.819. The molecule has 1 N–H and O–H groups in total. The number of carbonyl (C=O) groups is 5. The fraction of sp³-hybridized carbons (Fsp3) is 0.615. The summed E-state index contributed by atoms with van der Waals surface area (Å²) in [4.78, 5) is 56.4. The summed E-state index contributed by atoms with van der Waals surface area (Å²) >= 11 is 0. The molecule has 9 heteroatoms. The second kappa shape index (κ2) is 8.88. The van der Waals surface area contributed by atoms with Crippen molar-refractivity contribution in [3.8, 4) is 0 Å². The predicted molar refractivity (Wildman–Crippen MR) is 69.4 cm³/mol. The number of ether oxygens (including phenoxy) is 3. The van der Waals surface area contributed by atoms with Gasteiger partial charge in [-0.3, -0.25) is 24.0 Å². The molecule has 0 unspecified atom stereocenters. The Hall–Kier alpha value is -2.29. The van der Waals surface area contributed by atoms with Crippen molar-refractivity contribution in [1.82, 2.24) is 0 Å². The van der Waals surface area contributed by atoms with Crippen LogP contribution in [0.5, 0.6) is 0 Å². The maximum absolute atomic E-state index is 11.9. The highest BCUT2D eigenvalue weighted by atomic mass is 16.6. The summed E-state index contributed by atoms with van der Waals surface area (Å²) in [7, 11) is 0. The lowest BCUT2D eigenvalue weighted by molar-refractivity contribution is -0.188. The van der Waals surface area contributed by atoms with Gasteiger partial charge in [0.15, 0.2) is 18.0 Å². The first-order chi connectivity index (χ1) is 10.1. The monoisotopic (exact) mass is 318 g/mol. The van der Waals surface area contributed by atoms with E-state index in [2.05, 4.69) is 0 Å². The molecule has 0 aromatic heterocycles. The number of rotatable bonds is 8. The fourth-order valence-electron chi connectivity index (χ4n) is 1.59. The summed E-state index contributed by atoms with van der Waals surface area (Å²) in [5.41, 5.74) is 0. The quantitative estimate of drug-likeness (QED) is 0.337. The lowest BCUT2D eigenvalue weighted by Gasteiger charge is -2.29. The molecule has 3 atom stereocenters. The zero-order valence-corrected chi connectivity index (χ0v) is 12.7. The number of esters is 3. The van der Waals surface area contributed by atoms with Crippen molar-refractivity contribution < 1.29 is 43.3 Å². The Kier molecular flexibility index (Phi) is 7.95. The number of carbonyl (C=O) groups excluding carboxylic acids is 5. The summed E-state index contributed by atoms with van der Waals surface area (Å²) in [5, 5.41) is 9.26. The summed E-state index contributed by atoms with van der Waals surface area (Å²) in [6.45, 7) is 3.12. The molecule has 22 heavy (non-hydrogen) atoms. The molecule has 0 aromatic carbocycles. The molecule has 9 nitrogen and oxygen atoms in total. The molecule has 0 spiro atoms. The van der Waals surface area contributed by atoms with Gasteiger partial charge in [0.2, 0.25) is 11.9 Å². The van der Waals surface area contributed by atoms with Crippen LogP contribution in [-0.2, 0) is 38.2 Å². The first-order valence-corrected chi connectivity index (χ1v) is 6.27. The number of hydrogen-bond donors (Lipinski definition) is 1. The molecule has 0 fully saturated rings. The van der Waals surface area contributed by atoms with E-state index in [1.165, 1.54) is 0 Å². The van der Waals surface area contributed by atoms with Crippen LogP contribution >= 0.6 is 0 Å². The van der Waals surface area contributed by atoms with Crippen LogP contribution in [-0.4, -0.2) is 59.5 Å². The summed E-state index contributed by atoms with van der Waals surface area (Å²) in [5.74, 6) is -4.75. The van der Waals surface area contributed by atoms with Crippen LogP contribution in [0.2, 0.25) is 0 Å². The van der Waals surface area contributed by atoms with Crippen LogP contribution < -0.4 is 0 Å².